The van der Waals surface area contributed by atoms with Gasteiger partial charge in [-0.15, -0.1) is 0 Å². The summed E-state index contributed by atoms with van der Waals surface area (Å²) in [5.41, 5.74) is 8.33. The molecule has 0 saturated heterocycles. The van der Waals surface area contributed by atoms with Crippen molar-refractivity contribution in [3.05, 3.63) is 58.7 Å². The smallest absolute Gasteiger partial charge is 0.0737 e. The molecule has 0 amide bonds. The highest BCUT2D eigenvalue weighted by Gasteiger charge is 2.17. The Bertz CT molecular complexity index is 492. The van der Waals surface area contributed by atoms with E-state index < -0.39 is 0 Å². The summed E-state index contributed by atoms with van der Waals surface area (Å²) < 4.78 is 0. The van der Waals surface area contributed by atoms with Crippen molar-refractivity contribution in [2.24, 2.45) is 0 Å². The fraction of sp³-hybridized carbons (Fsp3) is 0.333. The molecule has 2 aromatic rings. The minimum absolute atomic E-state index is 0.511. The van der Waals surface area contributed by atoms with Gasteiger partial charge in [0.15, 0.2) is 0 Å². The van der Waals surface area contributed by atoms with Crippen molar-refractivity contribution < 1.29 is 0 Å². The van der Waals surface area contributed by atoms with Crippen LogP contribution in [0.25, 0.3) is 0 Å². The molecule has 0 bridgehead atoms. The van der Waals surface area contributed by atoms with E-state index >= 15 is 0 Å². The number of hydrogen-bond acceptors (Lipinski definition) is 0. The molecule has 0 fully saturated rings. The molecule has 0 N–H and O–H groups in total. The first-order valence-corrected chi connectivity index (χ1v) is 7.16. The average molecular weight is 250 g/mol. The van der Waals surface area contributed by atoms with Crippen LogP contribution < -0.4 is 10.9 Å². The summed E-state index contributed by atoms with van der Waals surface area (Å²) in [6, 6.07) is 13.8. The molecule has 1 heteroatoms. The predicted octanol–water partition coefficient (Wildman–Crippen LogP) is 3.55. The molecule has 0 atom stereocenters. The molecule has 0 heterocycles. The van der Waals surface area contributed by atoms with E-state index in [1.54, 1.807) is 0 Å². The van der Waals surface area contributed by atoms with Crippen LogP contribution in [0.2, 0.25) is 6.32 Å². The second-order valence-electron chi connectivity index (χ2n) is 5.80. The van der Waals surface area contributed by atoms with Gasteiger partial charge in [0.25, 0.3) is 0 Å². The van der Waals surface area contributed by atoms with Crippen molar-refractivity contribution in [1.29, 1.82) is 0 Å². The van der Waals surface area contributed by atoms with Gasteiger partial charge in [-0.05, 0) is 27.7 Å². The van der Waals surface area contributed by atoms with Crippen LogP contribution >= 0.6 is 0 Å². The van der Waals surface area contributed by atoms with Gasteiger partial charge in [0, 0.05) is 0 Å². The van der Waals surface area contributed by atoms with Crippen LogP contribution in [0.4, 0.5) is 0 Å². The maximum Gasteiger partial charge on any atom is 0.209 e. The molecule has 0 radical (unpaired) electrons. The van der Waals surface area contributed by atoms with Crippen LogP contribution in [0.3, 0.4) is 0 Å². The van der Waals surface area contributed by atoms with Crippen molar-refractivity contribution >= 4 is 17.6 Å². The third-order valence-electron chi connectivity index (χ3n) is 3.70. The minimum Gasteiger partial charge on any atom is -0.0737 e. The van der Waals surface area contributed by atoms with Gasteiger partial charge in [-0.2, -0.15) is 0 Å². The van der Waals surface area contributed by atoms with Gasteiger partial charge in [0.1, 0.15) is 0 Å². The molecule has 0 aliphatic carbocycles. The van der Waals surface area contributed by atoms with Gasteiger partial charge in [-0.1, -0.05) is 82.8 Å². The Morgan fingerprint density at radius 3 is 1.21 bits per heavy atom. The fourth-order valence-corrected chi connectivity index (χ4v) is 3.09. The zero-order valence-electron chi connectivity index (χ0n) is 12.7. The topological polar surface area (TPSA) is 0 Å². The van der Waals surface area contributed by atoms with E-state index in [1.165, 1.54) is 33.2 Å². The van der Waals surface area contributed by atoms with E-state index in [9.17, 15) is 0 Å². The van der Waals surface area contributed by atoms with Crippen LogP contribution in [0.1, 0.15) is 29.2 Å². The van der Waals surface area contributed by atoms with Crippen LogP contribution in [-0.2, 0) is 0 Å². The maximum atomic E-state index is 2.33. The van der Waals surface area contributed by atoms with E-state index in [0.717, 1.165) is 6.32 Å². The highest BCUT2D eigenvalue weighted by Crippen LogP contribution is 2.07. The number of aryl methyl sites for hydroxylation is 4. The lowest BCUT2D eigenvalue weighted by molar-refractivity contribution is 1.37. The van der Waals surface area contributed by atoms with E-state index in [0.29, 0.717) is 6.71 Å². The third kappa shape index (κ3) is 3.29. The molecule has 2 aromatic carbocycles. The quantitative estimate of drug-likeness (QED) is 0.731. The molecule has 19 heavy (non-hydrogen) atoms. The van der Waals surface area contributed by atoms with Crippen LogP contribution in [0.5, 0.6) is 0 Å². The second-order valence-corrected chi connectivity index (χ2v) is 5.80. The molecule has 2 rings (SSSR count). The van der Waals surface area contributed by atoms with Crippen molar-refractivity contribution in [2.75, 3.05) is 0 Å². The molecule has 0 aliphatic heterocycles. The zero-order chi connectivity index (χ0) is 14.0. The van der Waals surface area contributed by atoms with Crippen LogP contribution in [0, 0.1) is 27.7 Å². The summed E-state index contributed by atoms with van der Waals surface area (Å²) in [5.74, 6) is 0. The van der Waals surface area contributed by atoms with Crippen molar-refractivity contribution in [3.63, 3.8) is 0 Å². The van der Waals surface area contributed by atoms with E-state index in [1.807, 2.05) is 0 Å². The van der Waals surface area contributed by atoms with Gasteiger partial charge in [-0.25, -0.2) is 0 Å². The molecular weight excluding hydrogens is 227 g/mol. The summed E-state index contributed by atoms with van der Waals surface area (Å²) in [6.07, 6.45) is 1.14. The number of hydrogen-bond donors (Lipinski definition) is 0. The largest absolute Gasteiger partial charge is 0.209 e. The Hall–Kier alpha value is -1.50. The van der Waals surface area contributed by atoms with Crippen molar-refractivity contribution in [3.8, 4) is 0 Å². The molecule has 98 valence electrons. The van der Waals surface area contributed by atoms with Gasteiger partial charge >= 0.3 is 0 Å². The Morgan fingerprint density at radius 1 is 0.632 bits per heavy atom. The Labute approximate surface area is 118 Å². The molecule has 0 nitrogen and oxygen atoms in total. The molecule has 0 spiro atoms. The first-order valence-electron chi connectivity index (χ1n) is 7.16. The van der Waals surface area contributed by atoms with E-state index in [2.05, 4.69) is 71.0 Å². The monoisotopic (exact) mass is 250 g/mol. The predicted molar refractivity (Wildman–Crippen MR) is 87.3 cm³/mol. The van der Waals surface area contributed by atoms with E-state index in [-0.39, 0.29) is 0 Å². The van der Waals surface area contributed by atoms with Gasteiger partial charge in [-0.3, -0.25) is 0 Å². The SMILES string of the molecule is CCB(c1cc(C)cc(C)c1)c1cc(C)cc(C)c1. The van der Waals surface area contributed by atoms with Gasteiger partial charge in [0.2, 0.25) is 6.71 Å². The number of benzene rings is 2. The van der Waals surface area contributed by atoms with Gasteiger partial charge < -0.3 is 0 Å². The lowest BCUT2D eigenvalue weighted by Crippen LogP contribution is -2.42. The maximum absolute atomic E-state index is 2.33. The standard InChI is InChI=1S/C18H23B/c1-6-19(17-9-13(2)7-14(3)10-17)18-11-15(4)8-16(5)12-18/h7-12H,6H2,1-5H3. The summed E-state index contributed by atoms with van der Waals surface area (Å²) in [4.78, 5) is 0. The Morgan fingerprint density at radius 2 is 0.947 bits per heavy atom. The van der Waals surface area contributed by atoms with E-state index in [4.69, 9.17) is 0 Å². The van der Waals surface area contributed by atoms with Crippen LogP contribution in [0.15, 0.2) is 36.4 Å². The summed E-state index contributed by atoms with van der Waals surface area (Å²) in [5, 5.41) is 0. The molecule has 0 unspecified atom stereocenters. The Balaban J connectivity index is 2.49. The normalized spacial score (nSPS) is 10.6. The minimum atomic E-state index is 0.511. The number of rotatable bonds is 3. The first kappa shape index (κ1) is 13.9. The molecule has 0 aliphatic rings. The summed E-state index contributed by atoms with van der Waals surface area (Å²) >= 11 is 0. The van der Waals surface area contributed by atoms with Crippen molar-refractivity contribution in [1.82, 2.24) is 0 Å². The lowest BCUT2D eigenvalue weighted by atomic mass is 9.38. The third-order valence-corrected chi connectivity index (χ3v) is 3.70. The fourth-order valence-electron chi connectivity index (χ4n) is 3.09. The average Bonchev–Trinajstić information content (AvgIpc) is 2.27. The highest BCUT2D eigenvalue weighted by molar-refractivity contribution is 6.85. The summed E-state index contributed by atoms with van der Waals surface area (Å²) in [6.45, 7) is 11.5. The Kier molecular flexibility index (Phi) is 4.14. The highest BCUT2D eigenvalue weighted by atomic mass is 14.0. The second kappa shape index (κ2) is 5.65. The lowest BCUT2D eigenvalue weighted by Gasteiger charge is -2.16. The summed E-state index contributed by atoms with van der Waals surface area (Å²) in [7, 11) is 0. The van der Waals surface area contributed by atoms with Crippen molar-refractivity contribution in [2.45, 2.75) is 40.9 Å². The van der Waals surface area contributed by atoms with Gasteiger partial charge in [0.05, 0.1) is 0 Å². The molecule has 0 saturated carbocycles. The molecule has 0 aromatic heterocycles. The van der Waals surface area contributed by atoms with Crippen LogP contribution in [-0.4, -0.2) is 6.71 Å². The molecular formula is C18H23B. The first-order chi connectivity index (χ1) is 8.99. The zero-order valence-corrected chi connectivity index (χ0v) is 12.7.